The van der Waals surface area contributed by atoms with Gasteiger partial charge in [-0.2, -0.15) is 5.26 Å². The van der Waals surface area contributed by atoms with Crippen molar-refractivity contribution in [2.45, 2.75) is 57.8 Å². The van der Waals surface area contributed by atoms with Gasteiger partial charge in [0.15, 0.2) is 0 Å². The summed E-state index contributed by atoms with van der Waals surface area (Å²) in [5, 5.41) is 11.3. The molecule has 0 radical (unpaired) electrons. The summed E-state index contributed by atoms with van der Waals surface area (Å²) < 4.78 is 2.14. The predicted molar refractivity (Wildman–Crippen MR) is 126 cm³/mol. The number of carbonyl (C=O) groups excluding carboxylic acids is 2. The molecule has 0 unspecified atom stereocenters. The van der Waals surface area contributed by atoms with Crippen molar-refractivity contribution < 1.29 is 9.59 Å². The highest BCUT2D eigenvalue weighted by Crippen LogP contribution is 2.60. The van der Waals surface area contributed by atoms with Crippen LogP contribution in [-0.2, 0) is 10.2 Å². The van der Waals surface area contributed by atoms with Gasteiger partial charge in [0.05, 0.1) is 0 Å². The predicted octanol–water partition coefficient (Wildman–Crippen LogP) is 4.66. The van der Waals surface area contributed by atoms with Crippen LogP contribution in [0.2, 0.25) is 0 Å². The second-order valence-corrected chi connectivity index (χ2v) is 10.4. The van der Waals surface area contributed by atoms with Crippen LogP contribution in [0.1, 0.15) is 61.0 Å². The number of nitrogens with two attached hydrogens (primary N) is 1. The van der Waals surface area contributed by atoms with E-state index in [4.69, 9.17) is 5.73 Å². The third-order valence-corrected chi connectivity index (χ3v) is 8.15. The molecule has 1 aromatic carbocycles. The number of urea groups is 1. The molecular formula is C27H30N4O2. The van der Waals surface area contributed by atoms with Crippen LogP contribution in [-0.4, -0.2) is 16.5 Å². The van der Waals surface area contributed by atoms with Crippen molar-refractivity contribution in [3.63, 3.8) is 0 Å². The van der Waals surface area contributed by atoms with Gasteiger partial charge in [0, 0.05) is 17.1 Å². The third-order valence-electron chi connectivity index (χ3n) is 8.15. The van der Waals surface area contributed by atoms with Gasteiger partial charge in [-0.1, -0.05) is 12.1 Å². The van der Waals surface area contributed by atoms with Crippen molar-refractivity contribution in [3.05, 3.63) is 58.4 Å². The zero-order valence-electron chi connectivity index (χ0n) is 19.2. The largest absolute Gasteiger partial charge is 0.351 e. The first-order valence-electron chi connectivity index (χ1n) is 11.8. The summed E-state index contributed by atoms with van der Waals surface area (Å²) in [4.78, 5) is 23.0. The van der Waals surface area contributed by atoms with E-state index in [0.717, 1.165) is 40.4 Å². The molecule has 4 saturated carbocycles. The summed E-state index contributed by atoms with van der Waals surface area (Å²) in [6.45, 7) is 3.97. The first-order valence-corrected chi connectivity index (χ1v) is 11.8. The summed E-state index contributed by atoms with van der Waals surface area (Å²) in [6, 6.07) is 11.9. The zero-order chi connectivity index (χ0) is 23.3. The Kier molecular flexibility index (Phi) is 5.16. The number of hydrogen-bond donors (Lipinski definition) is 2. The van der Waals surface area contributed by atoms with Crippen LogP contribution in [0.4, 0.5) is 4.79 Å². The molecule has 0 saturated heterocycles. The summed E-state index contributed by atoms with van der Waals surface area (Å²) in [6.07, 6.45) is 9.87. The molecule has 33 heavy (non-hydrogen) atoms. The Morgan fingerprint density at radius 3 is 2.18 bits per heavy atom. The van der Waals surface area contributed by atoms with E-state index in [1.807, 2.05) is 31.3 Å². The van der Waals surface area contributed by atoms with E-state index >= 15 is 0 Å². The highest BCUT2D eigenvalue weighted by Gasteiger charge is 2.51. The number of carbonyl (C=O) groups is 2. The summed E-state index contributed by atoms with van der Waals surface area (Å²) in [5.41, 5.74) is 10.5. The van der Waals surface area contributed by atoms with Gasteiger partial charge in [0.1, 0.15) is 11.6 Å². The van der Waals surface area contributed by atoms with E-state index in [1.54, 1.807) is 0 Å². The number of benzene rings is 1. The number of hydrogen-bond acceptors (Lipinski definition) is 3. The van der Waals surface area contributed by atoms with Crippen molar-refractivity contribution in [2.24, 2.45) is 23.5 Å². The highest BCUT2D eigenvalue weighted by atomic mass is 16.2. The molecule has 6 rings (SSSR count). The van der Waals surface area contributed by atoms with Crippen LogP contribution in [0.25, 0.3) is 11.8 Å². The number of aromatic nitrogens is 1. The van der Waals surface area contributed by atoms with Crippen molar-refractivity contribution >= 4 is 18.0 Å². The van der Waals surface area contributed by atoms with Gasteiger partial charge in [-0.25, -0.2) is 4.79 Å². The lowest BCUT2D eigenvalue weighted by Gasteiger charge is -2.57. The number of nitrogens with zero attached hydrogens (tertiary/aromatic N) is 2. The molecule has 4 aliphatic carbocycles. The maximum absolute atomic E-state index is 12.1. The third kappa shape index (κ3) is 3.76. The number of nitrogens with one attached hydrogen (secondary N) is 1. The lowest BCUT2D eigenvalue weighted by Crippen LogP contribution is -2.48. The van der Waals surface area contributed by atoms with Gasteiger partial charge in [0.25, 0.3) is 5.91 Å². The van der Waals surface area contributed by atoms with Gasteiger partial charge >= 0.3 is 6.03 Å². The number of primary amides is 1. The molecule has 3 amide bonds. The van der Waals surface area contributed by atoms with Crippen molar-refractivity contribution in [1.29, 1.82) is 5.26 Å². The molecule has 1 aromatic heterocycles. The monoisotopic (exact) mass is 442 g/mol. The topological polar surface area (TPSA) is 101 Å². The summed E-state index contributed by atoms with van der Waals surface area (Å²) >= 11 is 0. The van der Waals surface area contributed by atoms with E-state index in [1.165, 1.54) is 50.2 Å². The Bertz CT molecular complexity index is 1160. The van der Waals surface area contributed by atoms with E-state index in [2.05, 4.69) is 28.8 Å². The normalized spacial score (nSPS) is 27.9. The Labute approximate surface area is 194 Å². The fraction of sp³-hybridized carbons (Fsp3) is 0.444. The van der Waals surface area contributed by atoms with Crippen LogP contribution in [0.5, 0.6) is 0 Å². The molecule has 0 spiro atoms. The van der Waals surface area contributed by atoms with Crippen LogP contribution >= 0.6 is 0 Å². The lowest BCUT2D eigenvalue weighted by atomic mass is 9.48. The minimum absolute atomic E-state index is 0.161. The van der Waals surface area contributed by atoms with Gasteiger partial charge in [0.2, 0.25) is 0 Å². The second-order valence-electron chi connectivity index (χ2n) is 10.4. The maximum atomic E-state index is 12.1. The number of rotatable bonds is 4. The van der Waals surface area contributed by atoms with Gasteiger partial charge in [-0.15, -0.1) is 0 Å². The van der Waals surface area contributed by atoms with Crippen LogP contribution < -0.4 is 11.1 Å². The smallest absolute Gasteiger partial charge is 0.319 e. The number of amides is 3. The minimum atomic E-state index is -0.981. The van der Waals surface area contributed by atoms with Gasteiger partial charge in [-0.05, 0) is 111 Å². The Balaban J connectivity index is 1.43. The van der Waals surface area contributed by atoms with E-state index < -0.39 is 11.9 Å². The number of nitriles is 1. The first-order chi connectivity index (χ1) is 15.8. The molecule has 4 aliphatic rings. The molecular weight excluding hydrogens is 412 g/mol. The molecule has 1 heterocycles. The van der Waals surface area contributed by atoms with Gasteiger partial charge in [-0.3, -0.25) is 10.1 Å². The molecule has 0 atom stereocenters. The number of aryl methyl sites for hydroxylation is 1. The van der Waals surface area contributed by atoms with Gasteiger partial charge < -0.3 is 10.3 Å². The van der Waals surface area contributed by atoms with Crippen LogP contribution in [0.15, 0.2) is 35.9 Å². The Hall–Kier alpha value is -3.33. The Morgan fingerprint density at radius 2 is 1.67 bits per heavy atom. The quantitative estimate of drug-likeness (QED) is 0.532. The van der Waals surface area contributed by atoms with Crippen molar-refractivity contribution in [3.8, 4) is 11.8 Å². The van der Waals surface area contributed by atoms with Crippen LogP contribution in [0.3, 0.4) is 0 Å². The summed E-state index contributed by atoms with van der Waals surface area (Å²) in [7, 11) is 0. The maximum Gasteiger partial charge on any atom is 0.319 e. The summed E-state index contributed by atoms with van der Waals surface area (Å²) in [5.74, 6) is 1.95. The minimum Gasteiger partial charge on any atom is -0.351 e. The SMILES string of the molecule is Cc1cc(/C=C(/C#N)C(=O)NC(N)=O)c(C)n1-c1ccc(C23CC4CC(CC(C4)C2)C3)cc1. The van der Waals surface area contributed by atoms with Crippen molar-refractivity contribution in [2.75, 3.05) is 0 Å². The van der Waals surface area contributed by atoms with Crippen molar-refractivity contribution in [1.82, 2.24) is 9.88 Å². The lowest BCUT2D eigenvalue weighted by molar-refractivity contribution is -0.115. The molecule has 2 aromatic rings. The van der Waals surface area contributed by atoms with E-state index in [0.29, 0.717) is 5.41 Å². The molecule has 4 fully saturated rings. The molecule has 4 bridgehead atoms. The molecule has 6 nitrogen and oxygen atoms in total. The second kappa shape index (κ2) is 7.91. The number of imide groups is 1. The molecule has 3 N–H and O–H groups in total. The zero-order valence-corrected chi connectivity index (χ0v) is 19.2. The fourth-order valence-electron chi connectivity index (χ4n) is 7.24. The van der Waals surface area contributed by atoms with E-state index in [9.17, 15) is 14.9 Å². The average Bonchev–Trinajstić information content (AvgIpc) is 3.03. The Morgan fingerprint density at radius 1 is 1.09 bits per heavy atom. The standard InChI is InChI=1S/C27H30N4O2/c1-16-7-21(11-22(15-28)25(32)30-26(29)33)17(2)31(16)24-5-3-23(4-6-24)27-12-18-8-19(13-27)10-20(9-18)14-27/h3-7,11,18-20H,8-10,12-14H2,1-2H3,(H3,29,30,32,33)/b22-11-. The molecule has 0 aliphatic heterocycles. The van der Waals surface area contributed by atoms with E-state index in [-0.39, 0.29) is 5.57 Å². The first kappa shape index (κ1) is 21.5. The molecule has 170 valence electrons. The fourth-order valence-corrected chi connectivity index (χ4v) is 7.24. The molecule has 6 heteroatoms. The highest BCUT2D eigenvalue weighted by molar-refractivity contribution is 6.08. The van der Waals surface area contributed by atoms with Crippen LogP contribution in [0, 0.1) is 42.9 Å². The average molecular weight is 443 g/mol.